The van der Waals surface area contributed by atoms with E-state index < -0.39 is 0 Å². The predicted molar refractivity (Wildman–Crippen MR) is 114 cm³/mol. The zero-order valence-corrected chi connectivity index (χ0v) is 16.7. The Balaban J connectivity index is 1.62. The standard InChI is InChI=1S/C25H33NO/c1-25(18-11-7-5-3-2-4-6-8-12-19-25)20-14-13-17-23-24(20)26-21-15-9-10-16-22(21)27-23/h9-10,13-17,26H,2-8,11-12,18-19H2,1H3. The molecule has 1 fully saturated rings. The molecule has 0 amide bonds. The second-order valence-electron chi connectivity index (χ2n) is 8.64. The van der Waals surface area contributed by atoms with Gasteiger partial charge in [-0.1, -0.05) is 89.0 Å². The fraction of sp³-hybridized carbons (Fsp3) is 0.520. The van der Waals surface area contributed by atoms with Gasteiger partial charge in [-0.05, 0) is 42.0 Å². The van der Waals surface area contributed by atoms with Gasteiger partial charge in [0.2, 0.25) is 0 Å². The molecule has 2 nitrogen and oxygen atoms in total. The molecule has 0 radical (unpaired) electrons. The fourth-order valence-electron chi connectivity index (χ4n) is 4.82. The third kappa shape index (κ3) is 4.15. The SMILES string of the molecule is CC1(c2cccc3c2Nc2ccccc2O3)CCCCCCCCCCC1. The third-order valence-electron chi connectivity index (χ3n) is 6.50. The number of para-hydroxylation sites is 3. The van der Waals surface area contributed by atoms with Gasteiger partial charge in [0.15, 0.2) is 11.5 Å². The largest absolute Gasteiger partial charge is 0.453 e. The second-order valence-corrected chi connectivity index (χ2v) is 8.64. The summed E-state index contributed by atoms with van der Waals surface area (Å²) in [5.74, 6) is 1.89. The van der Waals surface area contributed by atoms with E-state index in [1.165, 1.54) is 81.9 Å². The maximum atomic E-state index is 6.23. The lowest BCUT2D eigenvalue weighted by Crippen LogP contribution is -2.24. The topological polar surface area (TPSA) is 21.3 Å². The van der Waals surface area contributed by atoms with Gasteiger partial charge < -0.3 is 10.1 Å². The Labute approximate surface area is 164 Å². The van der Waals surface area contributed by atoms with Crippen LogP contribution in [0.2, 0.25) is 0 Å². The summed E-state index contributed by atoms with van der Waals surface area (Å²) in [6.45, 7) is 2.48. The number of hydrogen-bond donors (Lipinski definition) is 1. The minimum Gasteiger partial charge on any atom is -0.453 e. The van der Waals surface area contributed by atoms with E-state index in [1.807, 2.05) is 12.1 Å². The van der Waals surface area contributed by atoms with Crippen molar-refractivity contribution in [1.82, 2.24) is 0 Å². The van der Waals surface area contributed by atoms with E-state index in [-0.39, 0.29) is 5.41 Å². The molecule has 1 saturated carbocycles. The average molecular weight is 364 g/mol. The van der Waals surface area contributed by atoms with Crippen LogP contribution >= 0.6 is 0 Å². The molecule has 2 heteroatoms. The van der Waals surface area contributed by atoms with E-state index in [0.717, 1.165) is 17.2 Å². The molecule has 0 bridgehead atoms. The van der Waals surface area contributed by atoms with E-state index in [2.05, 4.69) is 42.6 Å². The van der Waals surface area contributed by atoms with Gasteiger partial charge in [-0.25, -0.2) is 0 Å². The van der Waals surface area contributed by atoms with E-state index >= 15 is 0 Å². The van der Waals surface area contributed by atoms with Crippen molar-refractivity contribution in [2.24, 2.45) is 0 Å². The highest BCUT2D eigenvalue weighted by molar-refractivity contribution is 5.78. The molecule has 2 aromatic rings. The highest BCUT2D eigenvalue weighted by atomic mass is 16.5. The number of hydrogen-bond acceptors (Lipinski definition) is 2. The minimum absolute atomic E-state index is 0.215. The van der Waals surface area contributed by atoms with Gasteiger partial charge >= 0.3 is 0 Å². The second kappa shape index (κ2) is 8.37. The molecule has 144 valence electrons. The molecule has 0 unspecified atom stereocenters. The van der Waals surface area contributed by atoms with Crippen LogP contribution in [0.4, 0.5) is 11.4 Å². The van der Waals surface area contributed by atoms with Gasteiger partial charge in [0.1, 0.15) is 0 Å². The summed E-state index contributed by atoms with van der Waals surface area (Å²) in [5.41, 5.74) is 3.92. The minimum atomic E-state index is 0.215. The summed E-state index contributed by atoms with van der Waals surface area (Å²) in [6.07, 6.45) is 15.0. The zero-order valence-electron chi connectivity index (χ0n) is 16.7. The molecule has 27 heavy (non-hydrogen) atoms. The summed E-state index contributed by atoms with van der Waals surface area (Å²) >= 11 is 0. The summed E-state index contributed by atoms with van der Waals surface area (Å²) in [4.78, 5) is 0. The lowest BCUT2D eigenvalue weighted by Gasteiger charge is -2.35. The Hall–Kier alpha value is -1.96. The van der Waals surface area contributed by atoms with Gasteiger partial charge in [0.05, 0.1) is 11.4 Å². The van der Waals surface area contributed by atoms with E-state index in [1.54, 1.807) is 0 Å². The Kier molecular flexibility index (Phi) is 5.71. The maximum Gasteiger partial charge on any atom is 0.151 e. The summed E-state index contributed by atoms with van der Waals surface area (Å²) < 4.78 is 6.23. The van der Waals surface area contributed by atoms with Crippen molar-refractivity contribution >= 4 is 11.4 Å². The van der Waals surface area contributed by atoms with E-state index in [0.29, 0.717) is 0 Å². The molecule has 0 spiro atoms. The Bertz CT molecular complexity index is 755. The number of rotatable bonds is 1. The van der Waals surface area contributed by atoms with Crippen LogP contribution in [0.1, 0.15) is 83.1 Å². The summed E-state index contributed by atoms with van der Waals surface area (Å²) in [6, 6.07) is 14.8. The van der Waals surface area contributed by atoms with Crippen LogP contribution in [0.5, 0.6) is 11.5 Å². The highest BCUT2D eigenvalue weighted by Gasteiger charge is 2.31. The van der Waals surface area contributed by atoms with E-state index in [4.69, 9.17) is 4.74 Å². The monoisotopic (exact) mass is 363 g/mol. The first-order valence-corrected chi connectivity index (χ1v) is 10.9. The molecule has 2 aromatic carbocycles. The first kappa shape index (κ1) is 18.4. The lowest BCUT2D eigenvalue weighted by atomic mass is 9.73. The zero-order chi connectivity index (χ0) is 18.5. The smallest absolute Gasteiger partial charge is 0.151 e. The number of ether oxygens (including phenoxy) is 1. The molecule has 2 aliphatic rings. The molecule has 1 aliphatic carbocycles. The Morgan fingerprint density at radius 3 is 2.00 bits per heavy atom. The van der Waals surface area contributed by atoms with Crippen molar-refractivity contribution in [3.8, 4) is 11.5 Å². The van der Waals surface area contributed by atoms with Crippen LogP contribution < -0.4 is 10.1 Å². The van der Waals surface area contributed by atoms with Crippen molar-refractivity contribution < 1.29 is 4.74 Å². The molecule has 1 aliphatic heterocycles. The molecule has 1 heterocycles. The number of fused-ring (bicyclic) bond motifs is 2. The van der Waals surface area contributed by atoms with E-state index in [9.17, 15) is 0 Å². The average Bonchev–Trinajstić information content (AvgIpc) is 2.68. The summed E-state index contributed by atoms with van der Waals surface area (Å²) in [5, 5.41) is 3.69. The fourth-order valence-corrected chi connectivity index (χ4v) is 4.82. The van der Waals surface area contributed by atoms with Crippen molar-refractivity contribution in [3.63, 3.8) is 0 Å². The van der Waals surface area contributed by atoms with Crippen molar-refractivity contribution in [2.75, 3.05) is 5.32 Å². The molecule has 4 rings (SSSR count). The third-order valence-corrected chi connectivity index (χ3v) is 6.50. The number of nitrogens with one attached hydrogen (secondary N) is 1. The normalized spacial score (nSPS) is 20.0. The van der Waals surface area contributed by atoms with Crippen molar-refractivity contribution in [3.05, 3.63) is 48.0 Å². The summed E-state index contributed by atoms with van der Waals surface area (Å²) in [7, 11) is 0. The first-order chi connectivity index (χ1) is 13.3. The quantitative estimate of drug-likeness (QED) is 0.471. The van der Waals surface area contributed by atoms with Crippen LogP contribution in [0.3, 0.4) is 0 Å². The van der Waals surface area contributed by atoms with Crippen LogP contribution in [-0.2, 0) is 5.41 Å². The van der Waals surface area contributed by atoms with Crippen LogP contribution in [-0.4, -0.2) is 0 Å². The molecular formula is C25H33NO. The molecule has 0 saturated heterocycles. The van der Waals surface area contributed by atoms with Gasteiger partial charge in [-0.3, -0.25) is 0 Å². The van der Waals surface area contributed by atoms with Crippen molar-refractivity contribution in [1.29, 1.82) is 0 Å². The molecule has 0 aromatic heterocycles. The molecule has 0 atom stereocenters. The highest BCUT2D eigenvalue weighted by Crippen LogP contribution is 2.48. The van der Waals surface area contributed by atoms with Crippen LogP contribution in [0, 0.1) is 0 Å². The molecule has 1 N–H and O–H groups in total. The molecular weight excluding hydrogens is 330 g/mol. The maximum absolute atomic E-state index is 6.23. The van der Waals surface area contributed by atoms with Gasteiger partial charge in [-0.15, -0.1) is 0 Å². The van der Waals surface area contributed by atoms with Gasteiger partial charge in [0.25, 0.3) is 0 Å². The number of benzene rings is 2. The van der Waals surface area contributed by atoms with Crippen LogP contribution in [0.25, 0.3) is 0 Å². The number of anilines is 2. The van der Waals surface area contributed by atoms with Gasteiger partial charge in [-0.2, -0.15) is 0 Å². The predicted octanol–water partition coefficient (Wildman–Crippen LogP) is 8.10. The lowest BCUT2D eigenvalue weighted by molar-refractivity contribution is 0.356. The Morgan fingerprint density at radius 1 is 0.704 bits per heavy atom. The van der Waals surface area contributed by atoms with Gasteiger partial charge in [0, 0.05) is 0 Å². The van der Waals surface area contributed by atoms with Crippen LogP contribution in [0.15, 0.2) is 42.5 Å². The van der Waals surface area contributed by atoms with Crippen molar-refractivity contribution in [2.45, 2.75) is 83.0 Å². The Morgan fingerprint density at radius 2 is 1.30 bits per heavy atom. The first-order valence-electron chi connectivity index (χ1n) is 10.9.